The maximum atomic E-state index is 11.6. The Bertz CT molecular complexity index is 494. The van der Waals surface area contributed by atoms with E-state index in [2.05, 4.69) is 42.5 Å². The van der Waals surface area contributed by atoms with Crippen molar-refractivity contribution in [2.24, 2.45) is 5.73 Å². The third-order valence-corrected chi connectivity index (χ3v) is 3.27. The van der Waals surface area contributed by atoms with Crippen LogP contribution < -0.4 is 16.4 Å². The Labute approximate surface area is 127 Å². The standard InChI is InChI=1S/C11H13Br2N3O3/c12-6-4-7(10(17)18)9(8(13)5-6)16-11(19)15-3-1-2-14/h4-5H,1-3,14H2,(H,17,18)(H2,15,16,19). The summed E-state index contributed by atoms with van der Waals surface area (Å²) in [6.45, 7) is 0.904. The predicted molar refractivity (Wildman–Crippen MR) is 79.5 cm³/mol. The van der Waals surface area contributed by atoms with Crippen LogP contribution in [0.25, 0.3) is 0 Å². The van der Waals surface area contributed by atoms with Crippen molar-refractivity contribution in [1.29, 1.82) is 0 Å². The van der Waals surface area contributed by atoms with Crippen LogP contribution in [0.1, 0.15) is 16.8 Å². The molecule has 0 aliphatic heterocycles. The minimum Gasteiger partial charge on any atom is -0.478 e. The number of hydrogen-bond acceptors (Lipinski definition) is 3. The summed E-state index contributed by atoms with van der Waals surface area (Å²) in [7, 11) is 0. The van der Waals surface area contributed by atoms with Gasteiger partial charge in [-0.3, -0.25) is 0 Å². The molecule has 1 aromatic carbocycles. The van der Waals surface area contributed by atoms with Crippen molar-refractivity contribution in [2.75, 3.05) is 18.4 Å². The van der Waals surface area contributed by atoms with Gasteiger partial charge in [-0.1, -0.05) is 15.9 Å². The number of carboxylic acid groups (broad SMARTS) is 1. The molecule has 0 bridgehead atoms. The maximum Gasteiger partial charge on any atom is 0.337 e. The van der Waals surface area contributed by atoms with Crippen LogP contribution in [0.4, 0.5) is 10.5 Å². The van der Waals surface area contributed by atoms with Gasteiger partial charge in [0.05, 0.1) is 11.3 Å². The van der Waals surface area contributed by atoms with Crippen LogP contribution in [0.2, 0.25) is 0 Å². The molecule has 6 nitrogen and oxygen atoms in total. The van der Waals surface area contributed by atoms with E-state index in [-0.39, 0.29) is 11.3 Å². The van der Waals surface area contributed by atoms with Gasteiger partial charge >= 0.3 is 12.0 Å². The van der Waals surface area contributed by atoms with E-state index < -0.39 is 12.0 Å². The van der Waals surface area contributed by atoms with E-state index in [1.807, 2.05) is 0 Å². The van der Waals surface area contributed by atoms with Crippen molar-refractivity contribution in [3.05, 3.63) is 26.6 Å². The smallest absolute Gasteiger partial charge is 0.337 e. The molecule has 0 fully saturated rings. The summed E-state index contributed by atoms with van der Waals surface area (Å²) in [5, 5.41) is 14.2. The van der Waals surface area contributed by atoms with Crippen molar-refractivity contribution in [3.63, 3.8) is 0 Å². The number of nitrogens with two attached hydrogens (primary N) is 1. The van der Waals surface area contributed by atoms with Gasteiger partial charge in [0.1, 0.15) is 0 Å². The lowest BCUT2D eigenvalue weighted by Gasteiger charge is -2.12. The molecule has 0 aliphatic carbocycles. The van der Waals surface area contributed by atoms with Crippen LogP contribution >= 0.6 is 31.9 Å². The molecule has 0 radical (unpaired) electrons. The van der Waals surface area contributed by atoms with Gasteiger partial charge < -0.3 is 21.5 Å². The summed E-state index contributed by atoms with van der Waals surface area (Å²) < 4.78 is 1.08. The number of benzene rings is 1. The van der Waals surface area contributed by atoms with E-state index in [0.717, 1.165) is 0 Å². The quantitative estimate of drug-likeness (QED) is 0.575. The molecule has 19 heavy (non-hydrogen) atoms. The average molecular weight is 395 g/mol. The Morgan fingerprint density at radius 3 is 2.58 bits per heavy atom. The summed E-state index contributed by atoms with van der Waals surface area (Å²) in [6, 6.07) is 2.60. The van der Waals surface area contributed by atoms with Crippen LogP contribution in [-0.4, -0.2) is 30.2 Å². The largest absolute Gasteiger partial charge is 0.478 e. The first-order chi connectivity index (χ1) is 8.95. The molecule has 104 valence electrons. The average Bonchev–Trinajstić information content (AvgIpc) is 2.32. The van der Waals surface area contributed by atoms with Gasteiger partial charge in [0.25, 0.3) is 0 Å². The van der Waals surface area contributed by atoms with E-state index in [9.17, 15) is 9.59 Å². The first-order valence-corrected chi connectivity index (χ1v) is 7.01. The highest BCUT2D eigenvalue weighted by molar-refractivity contribution is 9.11. The van der Waals surface area contributed by atoms with E-state index in [1.165, 1.54) is 6.07 Å². The van der Waals surface area contributed by atoms with Crippen molar-refractivity contribution in [3.8, 4) is 0 Å². The second kappa shape index (κ2) is 7.46. The number of halogens is 2. The maximum absolute atomic E-state index is 11.6. The van der Waals surface area contributed by atoms with Crippen LogP contribution in [0, 0.1) is 0 Å². The zero-order chi connectivity index (χ0) is 14.4. The third-order valence-electron chi connectivity index (χ3n) is 2.19. The number of hydrogen-bond donors (Lipinski definition) is 4. The number of anilines is 1. The molecule has 1 aromatic rings. The normalized spacial score (nSPS) is 10.1. The Hall–Kier alpha value is -1.12. The van der Waals surface area contributed by atoms with Crippen molar-refractivity contribution >= 4 is 49.5 Å². The molecular formula is C11H13Br2N3O3. The van der Waals surface area contributed by atoms with Gasteiger partial charge in [-0.15, -0.1) is 0 Å². The highest BCUT2D eigenvalue weighted by atomic mass is 79.9. The van der Waals surface area contributed by atoms with Gasteiger partial charge in [-0.25, -0.2) is 9.59 Å². The second-order valence-electron chi connectivity index (χ2n) is 3.64. The molecule has 8 heteroatoms. The number of amides is 2. The fraction of sp³-hybridized carbons (Fsp3) is 0.273. The highest BCUT2D eigenvalue weighted by Gasteiger charge is 2.16. The molecule has 0 atom stereocenters. The van der Waals surface area contributed by atoms with Crippen LogP contribution in [0.5, 0.6) is 0 Å². The van der Waals surface area contributed by atoms with Crippen LogP contribution in [0.3, 0.4) is 0 Å². The number of rotatable bonds is 5. The molecule has 0 heterocycles. The molecule has 0 unspecified atom stereocenters. The lowest BCUT2D eigenvalue weighted by atomic mass is 10.2. The van der Waals surface area contributed by atoms with Crippen molar-refractivity contribution in [1.82, 2.24) is 5.32 Å². The number of nitrogens with one attached hydrogen (secondary N) is 2. The fourth-order valence-corrected chi connectivity index (χ4v) is 2.66. The van der Waals surface area contributed by atoms with Gasteiger partial charge in [0.2, 0.25) is 0 Å². The Morgan fingerprint density at radius 1 is 1.32 bits per heavy atom. The molecule has 0 aliphatic rings. The minimum absolute atomic E-state index is 0.00442. The molecular weight excluding hydrogens is 382 g/mol. The van der Waals surface area contributed by atoms with Crippen molar-refractivity contribution in [2.45, 2.75) is 6.42 Å². The third kappa shape index (κ3) is 4.81. The minimum atomic E-state index is -1.13. The molecule has 0 spiro atoms. The van der Waals surface area contributed by atoms with Crippen LogP contribution in [0.15, 0.2) is 21.1 Å². The number of aromatic carboxylic acids is 1. The molecule has 0 saturated heterocycles. The summed E-state index contributed by atoms with van der Waals surface area (Å²) >= 11 is 6.42. The van der Waals surface area contributed by atoms with E-state index in [1.54, 1.807) is 6.07 Å². The summed E-state index contributed by atoms with van der Waals surface area (Å²) in [6.07, 6.45) is 0.653. The molecule has 5 N–H and O–H groups in total. The topological polar surface area (TPSA) is 104 Å². The Morgan fingerprint density at radius 2 is 2.00 bits per heavy atom. The summed E-state index contributed by atoms with van der Waals surface area (Å²) in [4.78, 5) is 22.7. The summed E-state index contributed by atoms with van der Waals surface area (Å²) in [5.41, 5.74) is 5.51. The lowest BCUT2D eigenvalue weighted by Crippen LogP contribution is -2.31. The number of urea groups is 1. The number of carboxylic acids is 1. The summed E-state index contributed by atoms with van der Waals surface area (Å²) in [5.74, 6) is -1.13. The number of carbonyl (C=O) groups excluding carboxylic acids is 1. The van der Waals surface area contributed by atoms with E-state index in [0.29, 0.717) is 28.5 Å². The molecule has 2 amide bonds. The Balaban J connectivity index is 2.88. The molecule has 1 rings (SSSR count). The second-order valence-corrected chi connectivity index (χ2v) is 5.41. The highest BCUT2D eigenvalue weighted by Crippen LogP contribution is 2.30. The lowest BCUT2D eigenvalue weighted by molar-refractivity contribution is 0.0698. The molecule has 0 aromatic heterocycles. The van der Waals surface area contributed by atoms with Crippen LogP contribution in [-0.2, 0) is 0 Å². The zero-order valence-corrected chi connectivity index (χ0v) is 13.0. The van der Waals surface area contributed by atoms with E-state index >= 15 is 0 Å². The van der Waals surface area contributed by atoms with Gasteiger partial charge in [0, 0.05) is 15.5 Å². The van der Waals surface area contributed by atoms with Gasteiger partial charge in [0.15, 0.2) is 0 Å². The Kier molecular flexibility index (Phi) is 6.26. The van der Waals surface area contributed by atoms with Gasteiger partial charge in [-0.2, -0.15) is 0 Å². The van der Waals surface area contributed by atoms with Gasteiger partial charge in [-0.05, 0) is 41.0 Å². The first-order valence-electron chi connectivity index (χ1n) is 5.43. The zero-order valence-electron chi connectivity index (χ0n) is 9.87. The predicted octanol–water partition coefficient (Wildman–Crippen LogP) is 2.38. The SMILES string of the molecule is NCCCNC(=O)Nc1c(Br)cc(Br)cc1C(=O)O. The number of carbonyl (C=O) groups is 2. The monoisotopic (exact) mass is 393 g/mol. The fourth-order valence-electron chi connectivity index (χ4n) is 1.33. The van der Waals surface area contributed by atoms with E-state index in [4.69, 9.17) is 10.8 Å². The first kappa shape index (κ1) is 15.9. The van der Waals surface area contributed by atoms with Crippen molar-refractivity contribution < 1.29 is 14.7 Å². The molecule has 0 saturated carbocycles.